The predicted octanol–water partition coefficient (Wildman–Crippen LogP) is 1.36. The lowest BCUT2D eigenvalue weighted by atomic mass is 10.2. The van der Waals surface area contributed by atoms with Crippen LogP contribution >= 0.6 is 15.9 Å². The van der Waals surface area contributed by atoms with Crippen molar-refractivity contribution in [3.63, 3.8) is 0 Å². The van der Waals surface area contributed by atoms with E-state index in [9.17, 15) is 4.79 Å². The number of piperazine rings is 1. The van der Waals surface area contributed by atoms with Gasteiger partial charge in [0.1, 0.15) is 0 Å². The number of amides is 1. The van der Waals surface area contributed by atoms with Crippen molar-refractivity contribution < 1.29 is 4.79 Å². The molecule has 1 fully saturated rings. The molecule has 2 rings (SSSR count). The van der Waals surface area contributed by atoms with Gasteiger partial charge in [-0.25, -0.2) is 0 Å². The Hall–Kier alpha value is -1.07. The van der Waals surface area contributed by atoms with Crippen LogP contribution in [0.3, 0.4) is 0 Å². The fraction of sp³-hybridized carbons (Fsp3) is 0.462. The summed E-state index contributed by atoms with van der Waals surface area (Å²) in [5, 5.41) is 0. The third kappa shape index (κ3) is 2.84. The first-order chi connectivity index (χ1) is 8.61. The van der Waals surface area contributed by atoms with Gasteiger partial charge in [0.2, 0.25) is 5.91 Å². The highest BCUT2D eigenvalue weighted by molar-refractivity contribution is 9.10. The van der Waals surface area contributed by atoms with Gasteiger partial charge in [-0.05, 0) is 24.6 Å². The summed E-state index contributed by atoms with van der Waals surface area (Å²) < 4.78 is 1.13. The molecule has 0 unspecified atom stereocenters. The molecule has 0 spiro atoms. The molecule has 98 valence electrons. The van der Waals surface area contributed by atoms with E-state index in [2.05, 4.69) is 46.0 Å². The van der Waals surface area contributed by atoms with Crippen LogP contribution in [0.25, 0.3) is 0 Å². The van der Waals surface area contributed by atoms with Crippen LogP contribution in [0.15, 0.2) is 22.7 Å². The summed E-state index contributed by atoms with van der Waals surface area (Å²) in [5.41, 5.74) is 7.81. The van der Waals surface area contributed by atoms with Gasteiger partial charge in [0, 0.05) is 36.3 Å². The van der Waals surface area contributed by atoms with Crippen LogP contribution in [0.5, 0.6) is 0 Å². The van der Waals surface area contributed by atoms with E-state index >= 15 is 0 Å². The second-order valence-electron chi connectivity index (χ2n) is 4.51. The van der Waals surface area contributed by atoms with Gasteiger partial charge in [-0.3, -0.25) is 4.79 Å². The molecule has 1 amide bonds. The molecule has 4 nitrogen and oxygen atoms in total. The maximum Gasteiger partial charge on any atom is 0.236 e. The van der Waals surface area contributed by atoms with E-state index in [1.165, 1.54) is 11.3 Å². The number of anilines is 1. The summed E-state index contributed by atoms with van der Waals surface area (Å²) in [6.07, 6.45) is 0. The first kappa shape index (κ1) is 13.4. The molecule has 1 saturated heterocycles. The van der Waals surface area contributed by atoms with Crippen molar-refractivity contribution in [3.05, 3.63) is 28.2 Å². The zero-order chi connectivity index (χ0) is 13.1. The lowest BCUT2D eigenvalue weighted by Gasteiger charge is -2.36. The summed E-state index contributed by atoms with van der Waals surface area (Å²) in [6.45, 7) is 5.41. The molecule has 18 heavy (non-hydrogen) atoms. The van der Waals surface area contributed by atoms with Crippen LogP contribution in [0.1, 0.15) is 5.56 Å². The minimum absolute atomic E-state index is 0.0414. The molecule has 1 heterocycles. The lowest BCUT2D eigenvalue weighted by molar-refractivity contribution is -0.129. The van der Waals surface area contributed by atoms with E-state index in [1.54, 1.807) is 0 Å². The van der Waals surface area contributed by atoms with Crippen molar-refractivity contribution in [3.8, 4) is 0 Å². The van der Waals surface area contributed by atoms with Gasteiger partial charge in [0.25, 0.3) is 0 Å². The quantitative estimate of drug-likeness (QED) is 0.897. The summed E-state index contributed by atoms with van der Waals surface area (Å²) >= 11 is 3.55. The fourth-order valence-electron chi connectivity index (χ4n) is 2.12. The Labute approximate surface area is 116 Å². The Morgan fingerprint density at radius 2 is 2.00 bits per heavy atom. The maximum absolute atomic E-state index is 11.5. The minimum atomic E-state index is 0.0414. The average Bonchev–Trinajstić information content (AvgIpc) is 2.41. The first-order valence-electron chi connectivity index (χ1n) is 6.11. The molecule has 1 aliphatic rings. The molecule has 1 aromatic rings. The number of aryl methyl sites for hydroxylation is 1. The molecule has 0 radical (unpaired) electrons. The minimum Gasteiger partial charge on any atom is -0.368 e. The molecule has 0 bridgehead atoms. The van der Waals surface area contributed by atoms with Crippen LogP contribution in [0.2, 0.25) is 0 Å². The van der Waals surface area contributed by atoms with Crippen molar-refractivity contribution in [1.29, 1.82) is 0 Å². The van der Waals surface area contributed by atoms with Gasteiger partial charge in [0.05, 0.1) is 6.54 Å². The van der Waals surface area contributed by atoms with Crippen molar-refractivity contribution >= 4 is 27.5 Å². The Morgan fingerprint density at radius 1 is 1.33 bits per heavy atom. The molecule has 0 aliphatic carbocycles. The molecular formula is C13H18BrN3O. The normalized spacial score (nSPS) is 15.9. The summed E-state index contributed by atoms with van der Waals surface area (Å²) in [6, 6.07) is 6.37. The SMILES string of the molecule is Cc1ccc(N2CCN(C(=O)CN)CC2)cc1Br. The van der Waals surface area contributed by atoms with Crippen LogP contribution in [-0.4, -0.2) is 43.5 Å². The molecule has 1 aromatic carbocycles. The standard InChI is InChI=1S/C13H18BrN3O/c1-10-2-3-11(8-12(10)14)16-4-6-17(7-5-16)13(18)9-15/h2-3,8H,4-7,9,15H2,1H3. The second-order valence-corrected chi connectivity index (χ2v) is 5.36. The number of hydrogen-bond donors (Lipinski definition) is 1. The number of hydrogen-bond acceptors (Lipinski definition) is 3. The topological polar surface area (TPSA) is 49.6 Å². The van der Waals surface area contributed by atoms with Gasteiger partial charge >= 0.3 is 0 Å². The van der Waals surface area contributed by atoms with Crippen molar-refractivity contribution in [2.24, 2.45) is 5.73 Å². The third-order valence-electron chi connectivity index (χ3n) is 3.33. The third-order valence-corrected chi connectivity index (χ3v) is 4.18. The Bertz CT molecular complexity index is 442. The first-order valence-corrected chi connectivity index (χ1v) is 6.90. The molecule has 1 aliphatic heterocycles. The fourth-order valence-corrected chi connectivity index (χ4v) is 2.49. The number of carbonyl (C=O) groups is 1. The lowest BCUT2D eigenvalue weighted by Crippen LogP contribution is -2.50. The monoisotopic (exact) mass is 311 g/mol. The average molecular weight is 312 g/mol. The Kier molecular flexibility index (Phi) is 4.24. The van der Waals surface area contributed by atoms with Crippen LogP contribution < -0.4 is 10.6 Å². The molecule has 0 saturated carbocycles. The number of benzene rings is 1. The Balaban J connectivity index is 2.01. The van der Waals surface area contributed by atoms with Gasteiger partial charge < -0.3 is 15.5 Å². The zero-order valence-corrected chi connectivity index (χ0v) is 12.1. The van der Waals surface area contributed by atoms with Crippen LogP contribution in [-0.2, 0) is 4.79 Å². The van der Waals surface area contributed by atoms with Gasteiger partial charge in [-0.2, -0.15) is 0 Å². The van der Waals surface area contributed by atoms with Gasteiger partial charge in [0.15, 0.2) is 0 Å². The summed E-state index contributed by atoms with van der Waals surface area (Å²) in [4.78, 5) is 15.6. The highest BCUT2D eigenvalue weighted by Crippen LogP contribution is 2.24. The van der Waals surface area contributed by atoms with E-state index in [1.807, 2.05) is 4.90 Å². The van der Waals surface area contributed by atoms with E-state index in [0.717, 1.165) is 30.7 Å². The van der Waals surface area contributed by atoms with E-state index < -0.39 is 0 Å². The van der Waals surface area contributed by atoms with Gasteiger partial charge in [-0.1, -0.05) is 22.0 Å². The zero-order valence-electron chi connectivity index (χ0n) is 10.5. The molecule has 0 atom stereocenters. The number of rotatable bonds is 2. The highest BCUT2D eigenvalue weighted by atomic mass is 79.9. The predicted molar refractivity (Wildman–Crippen MR) is 76.7 cm³/mol. The van der Waals surface area contributed by atoms with Crippen molar-refractivity contribution in [2.75, 3.05) is 37.6 Å². The summed E-state index contributed by atoms with van der Waals surface area (Å²) in [7, 11) is 0. The van der Waals surface area contributed by atoms with Crippen molar-refractivity contribution in [1.82, 2.24) is 4.90 Å². The Morgan fingerprint density at radius 3 is 2.56 bits per heavy atom. The molecular weight excluding hydrogens is 294 g/mol. The second kappa shape index (κ2) is 5.71. The van der Waals surface area contributed by atoms with Gasteiger partial charge in [-0.15, -0.1) is 0 Å². The van der Waals surface area contributed by atoms with Crippen LogP contribution in [0.4, 0.5) is 5.69 Å². The van der Waals surface area contributed by atoms with Crippen LogP contribution in [0, 0.1) is 6.92 Å². The number of halogens is 1. The number of carbonyl (C=O) groups excluding carboxylic acids is 1. The molecule has 5 heteroatoms. The number of nitrogens with zero attached hydrogens (tertiary/aromatic N) is 2. The molecule has 2 N–H and O–H groups in total. The van der Waals surface area contributed by atoms with E-state index in [4.69, 9.17) is 5.73 Å². The van der Waals surface area contributed by atoms with E-state index in [-0.39, 0.29) is 12.5 Å². The smallest absolute Gasteiger partial charge is 0.236 e. The van der Waals surface area contributed by atoms with Crippen molar-refractivity contribution in [2.45, 2.75) is 6.92 Å². The maximum atomic E-state index is 11.5. The summed E-state index contributed by atoms with van der Waals surface area (Å²) in [5.74, 6) is 0.0414. The highest BCUT2D eigenvalue weighted by Gasteiger charge is 2.20. The van der Waals surface area contributed by atoms with E-state index in [0.29, 0.717) is 0 Å². The molecule has 0 aromatic heterocycles. The largest absolute Gasteiger partial charge is 0.368 e. The number of nitrogens with two attached hydrogens (primary N) is 1.